The van der Waals surface area contributed by atoms with Crippen molar-refractivity contribution in [3.63, 3.8) is 0 Å². The van der Waals surface area contributed by atoms with Gasteiger partial charge in [-0.1, -0.05) is 11.6 Å². The van der Waals surface area contributed by atoms with Crippen LogP contribution in [0.25, 0.3) is 0 Å². The molecule has 5 heteroatoms. The molecule has 1 aromatic rings. The second-order valence-electron chi connectivity index (χ2n) is 3.19. The Kier molecular flexibility index (Phi) is 4.08. The van der Waals surface area contributed by atoms with Crippen molar-refractivity contribution in [2.75, 3.05) is 23.6 Å². The molecule has 1 aliphatic heterocycles. The Balaban J connectivity index is 1.98. The van der Waals surface area contributed by atoms with Gasteiger partial charge in [0.1, 0.15) is 5.44 Å². The maximum atomic E-state index is 5.85. The van der Waals surface area contributed by atoms with Gasteiger partial charge in [-0.05, 0) is 36.3 Å². The number of hydrogen-bond acceptors (Lipinski definition) is 4. The Morgan fingerprint density at radius 1 is 1.47 bits per heavy atom. The molecule has 0 amide bonds. The number of rotatable bonds is 3. The zero-order valence-corrected chi connectivity index (χ0v) is 10.7. The fraction of sp³-hybridized carbons (Fsp3) is 0.400. The average molecular weight is 262 g/mol. The van der Waals surface area contributed by atoms with Crippen LogP contribution >= 0.6 is 35.4 Å². The SMILES string of the molecule is CSOC1CN(c2ccc(Cl)cc2)CS1. The zero-order valence-electron chi connectivity index (χ0n) is 8.35. The van der Waals surface area contributed by atoms with E-state index >= 15 is 0 Å². The van der Waals surface area contributed by atoms with Crippen molar-refractivity contribution >= 4 is 41.1 Å². The van der Waals surface area contributed by atoms with Gasteiger partial charge in [0.05, 0.1) is 12.4 Å². The molecule has 0 aromatic heterocycles. The third-order valence-corrected chi connectivity index (χ3v) is 4.06. The van der Waals surface area contributed by atoms with Crippen molar-refractivity contribution in [1.29, 1.82) is 0 Å². The molecule has 0 spiro atoms. The predicted molar refractivity (Wildman–Crippen MR) is 69.6 cm³/mol. The maximum Gasteiger partial charge on any atom is 0.137 e. The quantitative estimate of drug-likeness (QED) is 0.772. The second-order valence-corrected chi connectivity index (χ2v) is 5.27. The minimum absolute atomic E-state index is 0.274. The molecule has 1 aliphatic rings. The summed E-state index contributed by atoms with van der Waals surface area (Å²) in [6, 6.07) is 7.93. The first kappa shape index (κ1) is 11.5. The molecule has 1 unspecified atom stereocenters. The van der Waals surface area contributed by atoms with Crippen LogP contribution in [-0.4, -0.2) is 24.1 Å². The van der Waals surface area contributed by atoms with E-state index in [9.17, 15) is 0 Å². The van der Waals surface area contributed by atoms with E-state index in [1.165, 1.54) is 17.7 Å². The van der Waals surface area contributed by atoms with Crippen molar-refractivity contribution in [3.8, 4) is 0 Å². The molecule has 0 saturated carbocycles. The highest BCUT2D eigenvalue weighted by Gasteiger charge is 2.23. The summed E-state index contributed by atoms with van der Waals surface area (Å²) < 4.78 is 5.49. The van der Waals surface area contributed by atoms with E-state index in [-0.39, 0.29) is 5.44 Å². The van der Waals surface area contributed by atoms with Crippen molar-refractivity contribution in [2.24, 2.45) is 0 Å². The molecular formula is C10H12ClNOS2. The molecule has 15 heavy (non-hydrogen) atoms. The van der Waals surface area contributed by atoms with E-state index < -0.39 is 0 Å². The standard InChI is InChI=1S/C10H12ClNOS2/c1-14-13-10-6-12(7-15-10)9-4-2-8(11)3-5-9/h2-5,10H,6-7H2,1H3. The summed E-state index contributed by atoms with van der Waals surface area (Å²) >= 11 is 9.10. The van der Waals surface area contributed by atoms with Gasteiger partial charge in [0.25, 0.3) is 0 Å². The van der Waals surface area contributed by atoms with Crippen LogP contribution in [0.1, 0.15) is 0 Å². The molecule has 0 aliphatic carbocycles. The summed E-state index contributed by atoms with van der Waals surface area (Å²) in [5.41, 5.74) is 1.48. The molecule has 1 atom stereocenters. The fourth-order valence-electron chi connectivity index (χ4n) is 1.46. The molecule has 1 aromatic carbocycles. The molecular weight excluding hydrogens is 250 g/mol. The Morgan fingerprint density at radius 2 is 2.20 bits per heavy atom. The van der Waals surface area contributed by atoms with E-state index in [0.717, 1.165) is 17.4 Å². The van der Waals surface area contributed by atoms with Crippen LogP contribution in [0.5, 0.6) is 0 Å². The summed E-state index contributed by atoms with van der Waals surface area (Å²) in [6.45, 7) is 0.938. The Bertz CT molecular complexity index is 320. The van der Waals surface area contributed by atoms with Crippen LogP contribution < -0.4 is 4.90 Å². The zero-order chi connectivity index (χ0) is 10.7. The molecule has 2 nitrogen and oxygen atoms in total. The lowest BCUT2D eigenvalue weighted by molar-refractivity contribution is 0.356. The third-order valence-electron chi connectivity index (χ3n) is 2.18. The van der Waals surface area contributed by atoms with Crippen LogP contribution in [-0.2, 0) is 4.18 Å². The number of anilines is 1. The molecule has 0 bridgehead atoms. The first-order chi connectivity index (χ1) is 7.29. The maximum absolute atomic E-state index is 5.85. The van der Waals surface area contributed by atoms with E-state index in [0.29, 0.717) is 0 Å². The lowest BCUT2D eigenvalue weighted by atomic mass is 10.3. The summed E-state index contributed by atoms with van der Waals surface area (Å²) in [7, 11) is 0. The monoisotopic (exact) mass is 261 g/mol. The molecule has 1 heterocycles. The van der Waals surface area contributed by atoms with Gasteiger partial charge in [0.15, 0.2) is 0 Å². The highest BCUT2D eigenvalue weighted by Crippen LogP contribution is 2.30. The van der Waals surface area contributed by atoms with E-state index in [1.807, 2.05) is 42.3 Å². The van der Waals surface area contributed by atoms with Gasteiger partial charge in [-0.2, -0.15) is 0 Å². The van der Waals surface area contributed by atoms with Crippen LogP contribution in [0.2, 0.25) is 5.02 Å². The average Bonchev–Trinajstić information content (AvgIpc) is 2.68. The molecule has 0 N–H and O–H groups in total. The number of thioether (sulfide) groups is 1. The molecule has 82 valence electrons. The first-order valence-electron chi connectivity index (χ1n) is 4.61. The number of benzene rings is 1. The van der Waals surface area contributed by atoms with Crippen LogP contribution in [0, 0.1) is 0 Å². The first-order valence-corrected chi connectivity index (χ1v) is 7.19. The number of halogens is 1. The van der Waals surface area contributed by atoms with Crippen LogP contribution in [0.15, 0.2) is 24.3 Å². The smallest absolute Gasteiger partial charge is 0.137 e. The molecule has 1 saturated heterocycles. The van der Waals surface area contributed by atoms with Crippen molar-refractivity contribution in [3.05, 3.63) is 29.3 Å². The second kappa shape index (κ2) is 5.34. The Hall–Kier alpha value is -0.0300. The summed E-state index contributed by atoms with van der Waals surface area (Å²) in [5.74, 6) is 0.979. The largest absolute Gasteiger partial charge is 0.359 e. The predicted octanol–water partition coefficient (Wildman–Crippen LogP) is 3.47. The lowest BCUT2D eigenvalue weighted by Gasteiger charge is -2.17. The molecule has 0 radical (unpaired) electrons. The number of hydrogen-bond donors (Lipinski definition) is 0. The van der Waals surface area contributed by atoms with Gasteiger partial charge in [0.2, 0.25) is 0 Å². The van der Waals surface area contributed by atoms with Gasteiger partial charge < -0.3 is 4.90 Å². The summed E-state index contributed by atoms with van der Waals surface area (Å²) in [4.78, 5) is 2.29. The van der Waals surface area contributed by atoms with Crippen LogP contribution in [0.4, 0.5) is 5.69 Å². The highest BCUT2D eigenvalue weighted by molar-refractivity contribution is 8.01. The van der Waals surface area contributed by atoms with Gasteiger partial charge >= 0.3 is 0 Å². The summed E-state index contributed by atoms with van der Waals surface area (Å²) in [6.07, 6.45) is 1.95. The van der Waals surface area contributed by atoms with Crippen molar-refractivity contribution < 1.29 is 4.18 Å². The minimum Gasteiger partial charge on any atom is -0.359 e. The summed E-state index contributed by atoms with van der Waals surface area (Å²) in [5, 5.41) is 0.780. The highest BCUT2D eigenvalue weighted by atomic mass is 35.5. The normalized spacial score (nSPS) is 20.9. The molecule has 2 rings (SSSR count). The van der Waals surface area contributed by atoms with Gasteiger partial charge in [-0.25, -0.2) is 0 Å². The number of nitrogens with zero attached hydrogens (tertiary/aromatic N) is 1. The Morgan fingerprint density at radius 3 is 2.87 bits per heavy atom. The molecule has 1 fully saturated rings. The minimum atomic E-state index is 0.274. The topological polar surface area (TPSA) is 12.5 Å². The van der Waals surface area contributed by atoms with E-state index in [4.69, 9.17) is 15.8 Å². The van der Waals surface area contributed by atoms with E-state index in [2.05, 4.69) is 4.90 Å². The van der Waals surface area contributed by atoms with Gasteiger partial charge in [0, 0.05) is 17.0 Å². The van der Waals surface area contributed by atoms with Gasteiger partial charge in [-0.3, -0.25) is 4.18 Å². The van der Waals surface area contributed by atoms with Crippen LogP contribution in [0.3, 0.4) is 0 Å². The van der Waals surface area contributed by atoms with Crippen molar-refractivity contribution in [2.45, 2.75) is 5.44 Å². The fourth-order valence-corrected chi connectivity index (χ4v) is 3.20. The van der Waals surface area contributed by atoms with Crippen molar-refractivity contribution in [1.82, 2.24) is 0 Å². The third kappa shape index (κ3) is 2.97. The van der Waals surface area contributed by atoms with E-state index in [1.54, 1.807) is 0 Å². The van der Waals surface area contributed by atoms with Gasteiger partial charge in [-0.15, -0.1) is 11.8 Å². The lowest BCUT2D eigenvalue weighted by Crippen LogP contribution is -2.21. The Labute approximate surface area is 104 Å².